The Kier molecular flexibility index (Phi) is 17.2. The quantitative estimate of drug-likeness (QED) is 0.168. The summed E-state index contributed by atoms with van der Waals surface area (Å²) in [7, 11) is -5.90. The molecular formula is C9H12BrNNa2O5S2. The molecule has 0 spiro atoms. The van der Waals surface area contributed by atoms with Crippen LogP contribution in [0.25, 0.3) is 0 Å². The fraction of sp³-hybridized carbons (Fsp3) is 0.333. The molecule has 3 N–H and O–H groups in total. The van der Waals surface area contributed by atoms with Crippen molar-refractivity contribution in [3.05, 3.63) is 22.2 Å². The van der Waals surface area contributed by atoms with Crippen LogP contribution in [0.5, 0.6) is 5.75 Å². The number of benzene rings is 1. The molecule has 0 amide bonds. The molecule has 1 aromatic rings. The van der Waals surface area contributed by atoms with Gasteiger partial charge >= 0.3 is 59.1 Å². The molecule has 0 aliphatic heterocycles. The predicted molar refractivity (Wildman–Crippen MR) is 72.1 cm³/mol. The minimum Gasteiger partial charge on any atom is -0.763 e. The molecule has 2 unspecified atom stereocenters. The van der Waals surface area contributed by atoms with Gasteiger partial charge in [-0.05, 0) is 39.5 Å². The largest absolute Gasteiger partial charge is 1.00 e. The fourth-order valence-corrected chi connectivity index (χ4v) is 1.47. The monoisotopic (exact) mass is 403 g/mol. The van der Waals surface area contributed by atoms with E-state index in [1.165, 1.54) is 0 Å². The van der Waals surface area contributed by atoms with Gasteiger partial charge in [0.1, 0.15) is 0 Å². The van der Waals surface area contributed by atoms with Crippen molar-refractivity contribution in [2.75, 3.05) is 5.73 Å². The summed E-state index contributed by atoms with van der Waals surface area (Å²) in [5, 5.41) is 9.34. The van der Waals surface area contributed by atoms with Crippen LogP contribution in [0.15, 0.2) is 16.6 Å². The Labute approximate surface area is 175 Å². The molecule has 0 aliphatic carbocycles. The van der Waals surface area contributed by atoms with Crippen molar-refractivity contribution in [3.8, 4) is 5.75 Å². The van der Waals surface area contributed by atoms with Crippen molar-refractivity contribution in [2.24, 2.45) is 0 Å². The second-order valence-corrected chi connectivity index (χ2v) is 6.81. The first-order valence-electron chi connectivity index (χ1n) is 4.63. The van der Waals surface area contributed by atoms with E-state index < -0.39 is 20.2 Å². The first-order chi connectivity index (χ1) is 8.16. The Hall–Kier alpha value is 1.52. The third kappa shape index (κ3) is 10.3. The SMILES string of the molecule is CC(C)c1cc(N)c(O)c(Br)c1.O=S([O-])S(=O)[O-].[Na+].[Na+]. The summed E-state index contributed by atoms with van der Waals surface area (Å²) in [6.07, 6.45) is 0. The molecule has 0 saturated carbocycles. The molecule has 1 rings (SSSR count). The van der Waals surface area contributed by atoms with E-state index in [0.717, 1.165) is 5.56 Å². The van der Waals surface area contributed by atoms with Gasteiger partial charge in [-0.1, -0.05) is 13.8 Å². The van der Waals surface area contributed by atoms with E-state index in [1.54, 1.807) is 6.07 Å². The number of phenols is 1. The number of anilines is 1. The average molecular weight is 404 g/mol. The number of hydrogen-bond donors (Lipinski definition) is 2. The molecule has 0 heterocycles. The summed E-state index contributed by atoms with van der Waals surface area (Å²) in [6.45, 7) is 4.16. The number of rotatable bonds is 2. The molecule has 20 heavy (non-hydrogen) atoms. The Bertz CT molecular complexity index is 441. The smallest absolute Gasteiger partial charge is 0.763 e. The van der Waals surface area contributed by atoms with Gasteiger partial charge in [0.25, 0.3) is 0 Å². The van der Waals surface area contributed by atoms with Gasteiger partial charge in [0.05, 0.1) is 10.2 Å². The molecule has 2 atom stereocenters. The standard InChI is InChI=1S/C9H12BrNO.2Na.H2O4S2/c1-5(2)6-3-7(10)9(12)8(11)4-6;;;1-5(2)6(3)4/h3-5,12H,11H2,1-2H3;;;(H,1,2)(H,3,4)/q;2*+1;/p-2. The number of nitrogen functional groups attached to an aromatic ring is 1. The third-order valence-corrected chi connectivity index (χ3v) is 3.39. The van der Waals surface area contributed by atoms with E-state index in [4.69, 9.17) is 23.3 Å². The number of aromatic hydroxyl groups is 1. The molecule has 0 bridgehead atoms. The second-order valence-electron chi connectivity index (χ2n) is 3.50. The van der Waals surface area contributed by atoms with Crippen molar-refractivity contribution >= 4 is 41.8 Å². The molecule has 0 aromatic heterocycles. The van der Waals surface area contributed by atoms with Crippen LogP contribution in [-0.2, 0) is 20.2 Å². The Morgan fingerprint density at radius 2 is 1.60 bits per heavy atom. The number of halogens is 1. The van der Waals surface area contributed by atoms with Gasteiger partial charge in [0.2, 0.25) is 0 Å². The van der Waals surface area contributed by atoms with Crippen LogP contribution in [0.1, 0.15) is 25.3 Å². The van der Waals surface area contributed by atoms with Gasteiger partial charge in [0.15, 0.2) is 5.75 Å². The first kappa shape index (κ1) is 26.4. The molecule has 0 fully saturated rings. The summed E-state index contributed by atoms with van der Waals surface area (Å²) in [5.74, 6) is 0.545. The number of nitrogens with two attached hydrogens (primary N) is 1. The molecule has 0 aliphatic rings. The van der Waals surface area contributed by atoms with Crippen LogP contribution in [0.4, 0.5) is 5.69 Å². The second kappa shape index (κ2) is 13.0. The predicted octanol–water partition coefficient (Wildman–Crippen LogP) is -4.47. The molecule has 1 aromatic carbocycles. The van der Waals surface area contributed by atoms with Crippen molar-refractivity contribution in [2.45, 2.75) is 19.8 Å². The third-order valence-electron chi connectivity index (χ3n) is 1.89. The minimum atomic E-state index is -2.95. The maximum atomic E-state index is 9.34. The summed E-state index contributed by atoms with van der Waals surface area (Å²) < 4.78 is 37.0. The first-order valence-corrected chi connectivity index (χ1v) is 8.09. The summed E-state index contributed by atoms with van der Waals surface area (Å²) >= 11 is 3.24. The van der Waals surface area contributed by atoms with Crippen molar-refractivity contribution in [1.29, 1.82) is 0 Å². The Morgan fingerprint density at radius 1 is 1.20 bits per heavy atom. The van der Waals surface area contributed by atoms with Crippen LogP contribution in [-0.4, -0.2) is 22.6 Å². The number of hydrogen-bond acceptors (Lipinski definition) is 6. The van der Waals surface area contributed by atoms with Crippen LogP contribution in [0, 0.1) is 0 Å². The fourth-order valence-electron chi connectivity index (χ4n) is 0.975. The van der Waals surface area contributed by atoms with Crippen molar-refractivity contribution in [1.82, 2.24) is 0 Å². The van der Waals surface area contributed by atoms with Crippen molar-refractivity contribution < 1.29 is 81.7 Å². The van der Waals surface area contributed by atoms with Crippen LogP contribution >= 0.6 is 15.9 Å². The zero-order valence-electron chi connectivity index (χ0n) is 11.6. The van der Waals surface area contributed by atoms with Gasteiger partial charge in [0, 0.05) is 20.2 Å². The van der Waals surface area contributed by atoms with E-state index in [9.17, 15) is 5.11 Å². The van der Waals surface area contributed by atoms with Gasteiger partial charge in [-0.25, -0.2) is 0 Å². The zero-order valence-corrected chi connectivity index (χ0v) is 18.8. The summed E-state index contributed by atoms with van der Waals surface area (Å²) in [4.78, 5) is 0. The molecule has 11 heteroatoms. The average Bonchev–Trinajstić information content (AvgIpc) is 2.25. The van der Waals surface area contributed by atoms with Crippen LogP contribution in [0.3, 0.4) is 0 Å². The molecule has 0 radical (unpaired) electrons. The van der Waals surface area contributed by atoms with Gasteiger partial charge < -0.3 is 19.9 Å². The molecule has 6 nitrogen and oxygen atoms in total. The van der Waals surface area contributed by atoms with E-state index in [2.05, 4.69) is 29.8 Å². The molecular weight excluding hydrogens is 392 g/mol. The summed E-state index contributed by atoms with van der Waals surface area (Å²) in [6, 6.07) is 3.68. The minimum absolute atomic E-state index is 0. The normalized spacial score (nSPS) is 12.3. The Morgan fingerprint density at radius 3 is 1.85 bits per heavy atom. The van der Waals surface area contributed by atoms with E-state index in [0.29, 0.717) is 16.1 Å². The van der Waals surface area contributed by atoms with Crippen LogP contribution < -0.4 is 64.8 Å². The topological polar surface area (TPSA) is 127 Å². The Balaban J connectivity index is -0.000000316. The van der Waals surface area contributed by atoms with Gasteiger partial charge in [-0.15, -0.1) is 0 Å². The zero-order chi connectivity index (χ0) is 14.5. The van der Waals surface area contributed by atoms with E-state index in [-0.39, 0.29) is 64.9 Å². The molecule has 0 saturated heterocycles. The van der Waals surface area contributed by atoms with Gasteiger partial charge in [-0.3, -0.25) is 8.42 Å². The number of phenolic OH excluding ortho intramolecular Hbond substituents is 1. The van der Waals surface area contributed by atoms with Crippen molar-refractivity contribution in [3.63, 3.8) is 0 Å². The maximum Gasteiger partial charge on any atom is 1.00 e. The van der Waals surface area contributed by atoms with Gasteiger partial charge in [-0.2, -0.15) is 0 Å². The van der Waals surface area contributed by atoms with Crippen LogP contribution in [0.2, 0.25) is 0 Å². The molecule has 104 valence electrons. The van der Waals surface area contributed by atoms with E-state index >= 15 is 0 Å². The maximum absolute atomic E-state index is 9.34. The summed E-state index contributed by atoms with van der Waals surface area (Å²) in [5.41, 5.74) is 7.13. The van der Waals surface area contributed by atoms with E-state index in [1.807, 2.05) is 6.07 Å².